The third kappa shape index (κ3) is 6.63. The van der Waals surface area contributed by atoms with Crippen molar-refractivity contribution < 1.29 is 24.0 Å². The Balaban J connectivity index is 1.45. The van der Waals surface area contributed by atoms with E-state index in [1.807, 2.05) is 24.5 Å². The van der Waals surface area contributed by atoms with Gasteiger partial charge in [0, 0.05) is 40.3 Å². The number of nitrogens with one attached hydrogen (secondary N) is 3. The molecule has 13 heteroatoms. The molecular formula is C29H30N6O6S. The molecule has 2 aromatic carbocycles. The maximum atomic E-state index is 12.7. The highest BCUT2D eigenvalue weighted by atomic mass is 32.1. The number of carbonyl (C=O) groups is 2. The lowest BCUT2D eigenvalue weighted by Crippen LogP contribution is -2.45. The van der Waals surface area contributed by atoms with Crippen LogP contribution in [0.25, 0.3) is 5.69 Å². The van der Waals surface area contributed by atoms with E-state index in [2.05, 4.69) is 21.2 Å². The highest BCUT2D eigenvalue weighted by Gasteiger charge is 2.32. The Morgan fingerprint density at radius 1 is 1.17 bits per heavy atom. The Morgan fingerprint density at radius 3 is 2.67 bits per heavy atom. The molecular weight excluding hydrogens is 560 g/mol. The average Bonchev–Trinajstić information content (AvgIpc) is 3.24. The van der Waals surface area contributed by atoms with Gasteiger partial charge >= 0.3 is 5.97 Å². The zero-order chi connectivity index (χ0) is 30.4. The van der Waals surface area contributed by atoms with Gasteiger partial charge in [0.2, 0.25) is 0 Å². The number of non-ortho nitro benzene ring substituents is 1. The van der Waals surface area contributed by atoms with Crippen LogP contribution in [0.4, 0.5) is 5.69 Å². The number of allylic oxidation sites excluding steroid dienone is 1. The van der Waals surface area contributed by atoms with Gasteiger partial charge in [0.1, 0.15) is 5.75 Å². The molecule has 0 unspecified atom stereocenters. The van der Waals surface area contributed by atoms with Gasteiger partial charge in [0.05, 0.1) is 35.0 Å². The Labute approximate surface area is 247 Å². The predicted octanol–water partition coefficient (Wildman–Crippen LogP) is 3.89. The van der Waals surface area contributed by atoms with Gasteiger partial charge in [0.25, 0.3) is 11.6 Å². The van der Waals surface area contributed by atoms with E-state index in [1.165, 1.54) is 18.3 Å². The van der Waals surface area contributed by atoms with Crippen molar-refractivity contribution in [3.63, 3.8) is 0 Å². The van der Waals surface area contributed by atoms with Crippen molar-refractivity contribution in [1.29, 1.82) is 0 Å². The van der Waals surface area contributed by atoms with Gasteiger partial charge in [-0.1, -0.05) is 24.3 Å². The number of hydrogen-bond acceptors (Lipinski definition) is 8. The van der Waals surface area contributed by atoms with Gasteiger partial charge in [-0.15, -0.1) is 0 Å². The standard InChI is InChI=1S/C29H30N6O6S/c1-5-40-28(37)26-18(3)31-29(42)32-27(26)23-11-6-7-12-24(23)41-16-25(36)33-30-15-20-13-17(2)34(19(20)4)21-9-8-10-22(14-21)35(38)39/h6-15,27H,5,16H2,1-4H3,(H,33,36)(H2,31,32,42)/t27-/m1/s1. The maximum Gasteiger partial charge on any atom is 0.338 e. The summed E-state index contributed by atoms with van der Waals surface area (Å²) in [6.07, 6.45) is 1.50. The zero-order valence-electron chi connectivity index (χ0n) is 23.5. The molecule has 12 nitrogen and oxygen atoms in total. The molecule has 0 saturated carbocycles. The second-order valence-corrected chi connectivity index (χ2v) is 9.76. The number of rotatable bonds is 10. The molecule has 1 aliphatic heterocycles. The number of aromatic nitrogens is 1. The molecule has 0 fully saturated rings. The first-order valence-corrected chi connectivity index (χ1v) is 13.4. The topological polar surface area (TPSA) is 149 Å². The van der Waals surface area contributed by atoms with Crippen LogP contribution in [-0.2, 0) is 14.3 Å². The van der Waals surface area contributed by atoms with E-state index in [4.69, 9.17) is 21.7 Å². The number of nitro groups is 1. The molecule has 0 radical (unpaired) electrons. The fourth-order valence-electron chi connectivity index (χ4n) is 4.67. The van der Waals surface area contributed by atoms with E-state index < -0.39 is 22.8 Å². The quantitative estimate of drug-likeness (QED) is 0.105. The van der Waals surface area contributed by atoms with Gasteiger partial charge < -0.3 is 24.7 Å². The van der Waals surface area contributed by atoms with Gasteiger partial charge in [-0.25, -0.2) is 10.2 Å². The molecule has 3 aromatic rings. The number of para-hydroxylation sites is 1. The van der Waals surface area contributed by atoms with Crippen LogP contribution >= 0.6 is 12.2 Å². The molecule has 42 heavy (non-hydrogen) atoms. The summed E-state index contributed by atoms with van der Waals surface area (Å²) in [5.74, 6) is -0.608. The molecule has 3 N–H and O–H groups in total. The summed E-state index contributed by atoms with van der Waals surface area (Å²) < 4.78 is 12.9. The lowest BCUT2D eigenvalue weighted by molar-refractivity contribution is -0.384. The number of aryl methyl sites for hydroxylation is 1. The van der Waals surface area contributed by atoms with Crippen LogP contribution in [0.3, 0.4) is 0 Å². The summed E-state index contributed by atoms with van der Waals surface area (Å²) in [6, 6.07) is 14.6. The number of amides is 1. The minimum absolute atomic E-state index is 0.00836. The molecule has 1 atom stereocenters. The lowest BCUT2D eigenvalue weighted by atomic mass is 9.95. The molecule has 218 valence electrons. The van der Waals surface area contributed by atoms with Crippen LogP contribution in [0, 0.1) is 24.0 Å². The van der Waals surface area contributed by atoms with Crippen molar-refractivity contribution in [2.75, 3.05) is 13.2 Å². The van der Waals surface area contributed by atoms with Crippen LogP contribution < -0.4 is 20.8 Å². The monoisotopic (exact) mass is 590 g/mol. The summed E-state index contributed by atoms with van der Waals surface area (Å²) in [5, 5.41) is 21.6. The fraction of sp³-hybridized carbons (Fsp3) is 0.241. The SMILES string of the molecule is CCOC(=O)C1=C(C)NC(=S)N[C@@H]1c1ccccc1OCC(=O)NN=Cc1cc(C)n(-c2cccc([N+](=O)[O-])c2)c1C. The van der Waals surface area contributed by atoms with Crippen molar-refractivity contribution in [1.82, 2.24) is 20.6 Å². The second kappa shape index (κ2) is 13.1. The Kier molecular flexibility index (Phi) is 9.32. The summed E-state index contributed by atoms with van der Waals surface area (Å²) in [7, 11) is 0. The Bertz CT molecular complexity index is 1610. The number of nitro benzene ring substituents is 1. The number of hydrazone groups is 1. The minimum Gasteiger partial charge on any atom is -0.483 e. The summed E-state index contributed by atoms with van der Waals surface area (Å²) in [5.41, 5.74) is 6.99. The highest BCUT2D eigenvalue weighted by Crippen LogP contribution is 2.33. The third-order valence-electron chi connectivity index (χ3n) is 6.52. The normalized spacial score (nSPS) is 14.8. The van der Waals surface area contributed by atoms with Crippen molar-refractivity contribution in [3.05, 3.63) is 98.5 Å². The number of esters is 1. The van der Waals surface area contributed by atoms with E-state index in [-0.39, 0.29) is 18.9 Å². The molecule has 0 aliphatic carbocycles. The Morgan fingerprint density at radius 2 is 1.93 bits per heavy atom. The van der Waals surface area contributed by atoms with Gasteiger partial charge in [-0.05, 0) is 58.1 Å². The first-order chi connectivity index (χ1) is 20.1. The first kappa shape index (κ1) is 29.9. The molecule has 0 saturated heterocycles. The van der Waals surface area contributed by atoms with Crippen LogP contribution in [-0.4, -0.2) is 45.9 Å². The molecule has 1 aliphatic rings. The number of nitrogens with zero attached hydrogens (tertiary/aromatic N) is 3. The predicted molar refractivity (Wildman–Crippen MR) is 161 cm³/mol. The van der Waals surface area contributed by atoms with Gasteiger partial charge in [-0.2, -0.15) is 5.10 Å². The zero-order valence-corrected chi connectivity index (χ0v) is 24.3. The van der Waals surface area contributed by atoms with E-state index in [0.717, 1.165) is 17.0 Å². The maximum absolute atomic E-state index is 12.7. The fourth-order valence-corrected chi connectivity index (χ4v) is 4.94. The van der Waals surface area contributed by atoms with Gasteiger partial charge in [-0.3, -0.25) is 14.9 Å². The summed E-state index contributed by atoms with van der Waals surface area (Å²) >= 11 is 5.31. The summed E-state index contributed by atoms with van der Waals surface area (Å²) in [4.78, 5) is 36.1. The smallest absolute Gasteiger partial charge is 0.338 e. The number of carbonyl (C=O) groups excluding carboxylic acids is 2. The van der Waals surface area contributed by atoms with Crippen molar-refractivity contribution in [2.24, 2.45) is 5.10 Å². The van der Waals surface area contributed by atoms with E-state index in [0.29, 0.717) is 33.4 Å². The molecule has 2 heterocycles. The Hall–Kier alpha value is -5.04. The van der Waals surface area contributed by atoms with Gasteiger partial charge in [0.15, 0.2) is 11.7 Å². The van der Waals surface area contributed by atoms with E-state index >= 15 is 0 Å². The third-order valence-corrected chi connectivity index (χ3v) is 6.74. The van der Waals surface area contributed by atoms with E-state index in [9.17, 15) is 19.7 Å². The molecule has 1 aromatic heterocycles. The number of benzene rings is 2. The molecule has 0 bridgehead atoms. The highest BCUT2D eigenvalue weighted by molar-refractivity contribution is 7.80. The second-order valence-electron chi connectivity index (χ2n) is 9.35. The summed E-state index contributed by atoms with van der Waals surface area (Å²) in [6.45, 7) is 7.07. The van der Waals surface area contributed by atoms with Crippen molar-refractivity contribution >= 4 is 41.1 Å². The van der Waals surface area contributed by atoms with Crippen LogP contribution in [0.15, 0.2) is 71.0 Å². The number of thiocarbonyl (C=S) groups is 1. The molecule has 1 amide bonds. The number of ether oxygens (including phenoxy) is 2. The largest absolute Gasteiger partial charge is 0.483 e. The van der Waals surface area contributed by atoms with Crippen molar-refractivity contribution in [3.8, 4) is 11.4 Å². The van der Waals surface area contributed by atoms with Crippen molar-refractivity contribution in [2.45, 2.75) is 33.7 Å². The minimum atomic E-state index is -0.642. The lowest BCUT2D eigenvalue weighted by Gasteiger charge is -2.30. The molecule has 4 rings (SSSR count). The first-order valence-electron chi connectivity index (χ1n) is 13.0. The number of hydrogen-bond donors (Lipinski definition) is 3. The van der Waals surface area contributed by atoms with Crippen LogP contribution in [0.2, 0.25) is 0 Å². The van der Waals surface area contributed by atoms with Crippen LogP contribution in [0.1, 0.15) is 42.4 Å². The van der Waals surface area contributed by atoms with E-state index in [1.54, 1.807) is 50.2 Å². The average molecular weight is 591 g/mol. The molecule has 0 spiro atoms. The van der Waals surface area contributed by atoms with Crippen LogP contribution in [0.5, 0.6) is 5.75 Å².